The van der Waals surface area contributed by atoms with Gasteiger partial charge in [0, 0.05) is 31.4 Å². The van der Waals surface area contributed by atoms with Gasteiger partial charge in [0.05, 0.1) is 6.61 Å². The van der Waals surface area contributed by atoms with E-state index in [0.29, 0.717) is 13.2 Å². The van der Waals surface area contributed by atoms with Crippen molar-refractivity contribution >= 4 is 11.9 Å². The number of hydrogen-bond acceptors (Lipinski definition) is 4. The molecule has 1 heterocycles. The van der Waals surface area contributed by atoms with Gasteiger partial charge in [0.25, 0.3) is 0 Å². The normalized spacial score (nSPS) is 17.8. The Kier molecular flexibility index (Phi) is 5.81. The fourth-order valence-corrected chi connectivity index (χ4v) is 2.54. The van der Waals surface area contributed by atoms with Crippen LogP contribution in [0.25, 0.3) is 0 Å². The van der Waals surface area contributed by atoms with Crippen LogP contribution < -0.4 is 9.84 Å². The number of carboxylic acids is 1. The zero-order valence-electron chi connectivity index (χ0n) is 12.9. The van der Waals surface area contributed by atoms with Crippen LogP contribution >= 0.6 is 0 Å². The zero-order valence-corrected chi connectivity index (χ0v) is 12.9. The molecule has 1 atom stereocenters. The van der Waals surface area contributed by atoms with E-state index in [0.717, 1.165) is 24.2 Å². The van der Waals surface area contributed by atoms with Gasteiger partial charge in [0.1, 0.15) is 5.75 Å². The number of benzene rings is 1. The first-order chi connectivity index (χ1) is 10.6. The Bertz CT molecular complexity index is 512. The van der Waals surface area contributed by atoms with E-state index in [4.69, 9.17) is 4.74 Å². The van der Waals surface area contributed by atoms with E-state index in [9.17, 15) is 14.7 Å². The molecule has 1 aliphatic rings. The molecule has 5 nitrogen and oxygen atoms in total. The van der Waals surface area contributed by atoms with Crippen molar-refractivity contribution in [3.05, 3.63) is 29.8 Å². The first-order valence-electron chi connectivity index (χ1n) is 7.80. The summed E-state index contributed by atoms with van der Waals surface area (Å²) in [7, 11) is 0. The van der Waals surface area contributed by atoms with Crippen LogP contribution in [-0.4, -0.2) is 29.9 Å². The van der Waals surface area contributed by atoms with Crippen molar-refractivity contribution in [3.63, 3.8) is 0 Å². The van der Waals surface area contributed by atoms with Gasteiger partial charge in [0.2, 0.25) is 5.91 Å². The van der Waals surface area contributed by atoms with Crippen molar-refractivity contribution in [3.8, 4) is 5.75 Å². The Hall–Kier alpha value is -2.04. The summed E-state index contributed by atoms with van der Waals surface area (Å²) >= 11 is 0. The number of ether oxygens (including phenoxy) is 1. The number of hydrogen-bond donors (Lipinski definition) is 0. The summed E-state index contributed by atoms with van der Waals surface area (Å²) in [6.07, 6.45) is 3.42. The van der Waals surface area contributed by atoms with Crippen LogP contribution in [0.15, 0.2) is 24.3 Å². The van der Waals surface area contributed by atoms with Gasteiger partial charge in [0.15, 0.2) is 0 Å². The molecule has 0 radical (unpaired) electrons. The van der Waals surface area contributed by atoms with Gasteiger partial charge in [-0.15, -0.1) is 0 Å². The highest BCUT2D eigenvalue weighted by atomic mass is 16.5. The van der Waals surface area contributed by atoms with Crippen molar-refractivity contribution in [2.24, 2.45) is 5.92 Å². The van der Waals surface area contributed by atoms with E-state index in [-0.39, 0.29) is 18.9 Å². The second kappa shape index (κ2) is 7.82. The largest absolute Gasteiger partial charge is 0.550 e. The fraction of sp³-hybridized carbons (Fsp3) is 0.529. The third-order valence-electron chi connectivity index (χ3n) is 3.86. The lowest BCUT2D eigenvalue weighted by atomic mass is 10.1. The van der Waals surface area contributed by atoms with Gasteiger partial charge in [-0.2, -0.15) is 0 Å². The van der Waals surface area contributed by atoms with Gasteiger partial charge in [-0.3, -0.25) is 4.79 Å². The molecule has 0 N–H and O–H groups in total. The van der Waals surface area contributed by atoms with Gasteiger partial charge in [-0.1, -0.05) is 31.9 Å². The van der Waals surface area contributed by atoms with Crippen molar-refractivity contribution in [2.75, 3.05) is 13.2 Å². The molecular weight excluding hydrogens is 282 g/mol. The third kappa shape index (κ3) is 4.48. The highest BCUT2D eigenvalue weighted by Crippen LogP contribution is 2.21. The van der Waals surface area contributed by atoms with Crippen molar-refractivity contribution in [1.82, 2.24) is 4.90 Å². The molecule has 120 valence electrons. The summed E-state index contributed by atoms with van der Waals surface area (Å²) in [6.45, 7) is 3.53. The summed E-state index contributed by atoms with van der Waals surface area (Å²) in [5.41, 5.74) is 0.966. The molecule has 1 aromatic rings. The highest BCUT2D eigenvalue weighted by Gasteiger charge is 2.30. The minimum absolute atomic E-state index is 0.0426. The summed E-state index contributed by atoms with van der Waals surface area (Å²) in [4.78, 5) is 24.2. The van der Waals surface area contributed by atoms with Crippen LogP contribution in [0.3, 0.4) is 0 Å². The maximum atomic E-state index is 11.8. The summed E-state index contributed by atoms with van der Waals surface area (Å²) in [5, 5.41) is 10.8. The molecule has 1 fully saturated rings. The smallest absolute Gasteiger partial charge is 0.223 e. The number of carboxylic acid groups (broad SMARTS) is 1. The lowest BCUT2D eigenvalue weighted by Crippen LogP contribution is -2.33. The topological polar surface area (TPSA) is 69.7 Å². The molecule has 0 bridgehead atoms. The molecule has 0 aliphatic carbocycles. The quantitative estimate of drug-likeness (QED) is 0.680. The van der Waals surface area contributed by atoms with Crippen LogP contribution in [0, 0.1) is 5.92 Å². The van der Waals surface area contributed by atoms with E-state index >= 15 is 0 Å². The van der Waals surface area contributed by atoms with Crippen molar-refractivity contribution in [1.29, 1.82) is 0 Å². The molecule has 1 saturated heterocycles. The minimum atomic E-state index is -1.15. The molecule has 2 rings (SSSR count). The monoisotopic (exact) mass is 304 g/mol. The van der Waals surface area contributed by atoms with Crippen molar-refractivity contribution < 1.29 is 19.4 Å². The Morgan fingerprint density at radius 2 is 2.05 bits per heavy atom. The lowest BCUT2D eigenvalue weighted by molar-refractivity contribution is -0.311. The zero-order chi connectivity index (χ0) is 15.9. The van der Waals surface area contributed by atoms with Crippen LogP contribution in [0.5, 0.6) is 5.75 Å². The molecule has 0 unspecified atom stereocenters. The lowest BCUT2D eigenvalue weighted by Gasteiger charge is -2.17. The number of aliphatic carboxylic acids is 1. The first kappa shape index (κ1) is 16.3. The predicted octanol–water partition coefficient (Wildman–Crippen LogP) is 1.35. The van der Waals surface area contributed by atoms with Gasteiger partial charge in [-0.25, -0.2) is 0 Å². The van der Waals surface area contributed by atoms with Gasteiger partial charge in [-0.05, 0) is 24.1 Å². The van der Waals surface area contributed by atoms with E-state index in [1.807, 2.05) is 24.3 Å². The van der Waals surface area contributed by atoms with E-state index < -0.39 is 11.9 Å². The highest BCUT2D eigenvalue weighted by molar-refractivity contribution is 5.85. The number of rotatable bonds is 8. The molecule has 0 aromatic heterocycles. The second-order valence-electron chi connectivity index (χ2n) is 5.69. The number of carbonyl (C=O) groups excluding carboxylic acids is 2. The van der Waals surface area contributed by atoms with Crippen LogP contribution in [-0.2, 0) is 16.1 Å². The van der Waals surface area contributed by atoms with E-state index in [2.05, 4.69) is 6.92 Å². The Morgan fingerprint density at radius 3 is 2.64 bits per heavy atom. The fourth-order valence-electron chi connectivity index (χ4n) is 2.54. The SMILES string of the molecule is CCCCCOc1ccc(CN2C[C@@H](C(=O)[O-])CC2=O)cc1. The first-order valence-corrected chi connectivity index (χ1v) is 7.80. The van der Waals surface area contributed by atoms with Crippen LogP contribution in [0.1, 0.15) is 38.2 Å². The summed E-state index contributed by atoms with van der Waals surface area (Å²) in [6, 6.07) is 7.60. The number of nitrogens with zero attached hydrogens (tertiary/aromatic N) is 1. The second-order valence-corrected chi connectivity index (χ2v) is 5.69. The Balaban J connectivity index is 1.83. The minimum Gasteiger partial charge on any atom is -0.550 e. The molecule has 5 heteroatoms. The average molecular weight is 304 g/mol. The standard InChI is InChI=1S/C17H23NO4/c1-2-3-4-9-22-15-7-5-13(6-8-15)11-18-12-14(17(20)21)10-16(18)19/h5-8,14H,2-4,9-12H2,1H3,(H,20,21)/p-1/t14-/m0/s1. The Morgan fingerprint density at radius 1 is 1.32 bits per heavy atom. The maximum absolute atomic E-state index is 11.8. The maximum Gasteiger partial charge on any atom is 0.223 e. The van der Waals surface area contributed by atoms with E-state index in [1.54, 1.807) is 4.90 Å². The Labute approximate surface area is 130 Å². The van der Waals surface area contributed by atoms with E-state index in [1.165, 1.54) is 6.42 Å². The number of amides is 1. The molecule has 1 aromatic carbocycles. The predicted molar refractivity (Wildman–Crippen MR) is 80.0 cm³/mol. The molecule has 22 heavy (non-hydrogen) atoms. The van der Waals surface area contributed by atoms with Crippen LogP contribution in [0.2, 0.25) is 0 Å². The summed E-state index contributed by atoms with van der Waals surface area (Å²) < 4.78 is 5.64. The van der Waals surface area contributed by atoms with Crippen LogP contribution in [0.4, 0.5) is 0 Å². The molecule has 1 aliphatic heterocycles. The average Bonchev–Trinajstić information content (AvgIpc) is 2.87. The third-order valence-corrected chi connectivity index (χ3v) is 3.86. The number of unbranched alkanes of at least 4 members (excludes halogenated alkanes) is 2. The van der Waals surface area contributed by atoms with Gasteiger partial charge < -0.3 is 19.5 Å². The number of likely N-dealkylation sites (tertiary alicyclic amines) is 1. The molecule has 0 saturated carbocycles. The summed E-state index contributed by atoms with van der Waals surface area (Å²) in [5.74, 6) is -1.14. The van der Waals surface area contributed by atoms with Crippen molar-refractivity contribution in [2.45, 2.75) is 39.2 Å². The molecule has 1 amide bonds. The van der Waals surface area contributed by atoms with Gasteiger partial charge >= 0.3 is 0 Å². The molecular formula is C17H22NO4-. The number of carbonyl (C=O) groups is 2. The molecule has 0 spiro atoms.